The summed E-state index contributed by atoms with van der Waals surface area (Å²) in [5, 5.41) is 7.71. The second-order valence-electron chi connectivity index (χ2n) is 8.46. The van der Waals surface area contributed by atoms with Crippen LogP contribution in [0.25, 0.3) is 11.1 Å². The molecule has 35 heavy (non-hydrogen) atoms. The molecule has 1 aliphatic heterocycles. The summed E-state index contributed by atoms with van der Waals surface area (Å²) in [7, 11) is 2.05. The number of hydrogen-bond acceptors (Lipinski definition) is 7. The first-order valence-corrected chi connectivity index (χ1v) is 12.4. The molecule has 9 nitrogen and oxygen atoms in total. The van der Waals surface area contributed by atoms with Crippen LogP contribution in [0.3, 0.4) is 0 Å². The number of benzene rings is 2. The van der Waals surface area contributed by atoms with Crippen molar-refractivity contribution < 1.29 is 14.0 Å². The van der Waals surface area contributed by atoms with Crippen LogP contribution < -0.4 is 5.32 Å². The molecule has 1 saturated heterocycles. The Morgan fingerprint density at radius 3 is 2.66 bits per heavy atom. The minimum atomic E-state index is -0.233. The number of aromatic nitrogens is 3. The fourth-order valence-corrected chi connectivity index (χ4v) is 4.77. The summed E-state index contributed by atoms with van der Waals surface area (Å²) in [5.74, 6) is 0.333. The number of anilines is 1. The number of hydrogen-bond donors (Lipinski definition) is 1. The molecule has 0 unspecified atom stereocenters. The van der Waals surface area contributed by atoms with Crippen LogP contribution in [-0.2, 0) is 17.1 Å². The minimum Gasteiger partial charge on any atom is -0.431 e. The summed E-state index contributed by atoms with van der Waals surface area (Å²) in [6, 6.07) is 15.1. The quantitative estimate of drug-likeness (QED) is 0.397. The molecule has 1 fully saturated rings. The molecule has 4 aromatic rings. The van der Waals surface area contributed by atoms with Crippen LogP contribution in [0.4, 0.5) is 5.69 Å². The summed E-state index contributed by atoms with van der Waals surface area (Å²) >= 11 is 1.44. The molecule has 0 spiro atoms. The SMILES string of the molecule is CN1CCN(C(=O)Cn2cc(NC(=O)c3ccccc3CSc3nc4ccccc4o3)cn2)CC1. The van der Waals surface area contributed by atoms with Crippen molar-refractivity contribution >= 4 is 40.4 Å². The number of oxazole rings is 1. The van der Waals surface area contributed by atoms with Gasteiger partial charge in [-0.25, -0.2) is 4.98 Å². The Labute approximate surface area is 207 Å². The van der Waals surface area contributed by atoms with Crippen LogP contribution in [0.5, 0.6) is 0 Å². The third-order valence-corrected chi connectivity index (χ3v) is 6.81. The Kier molecular flexibility index (Phi) is 6.82. The summed E-state index contributed by atoms with van der Waals surface area (Å²) in [4.78, 5) is 34.1. The van der Waals surface area contributed by atoms with Crippen LogP contribution in [0, 0.1) is 0 Å². The van der Waals surface area contributed by atoms with Gasteiger partial charge in [-0.05, 0) is 30.8 Å². The number of carbonyl (C=O) groups is 2. The predicted octanol–water partition coefficient (Wildman–Crippen LogP) is 3.34. The van der Waals surface area contributed by atoms with Gasteiger partial charge in [-0.2, -0.15) is 5.10 Å². The van der Waals surface area contributed by atoms with Crippen molar-refractivity contribution in [2.45, 2.75) is 17.5 Å². The lowest BCUT2D eigenvalue weighted by Gasteiger charge is -2.32. The number of carbonyl (C=O) groups excluding carboxylic acids is 2. The summed E-state index contributed by atoms with van der Waals surface area (Å²) < 4.78 is 7.34. The van der Waals surface area contributed by atoms with Gasteiger partial charge in [0.2, 0.25) is 5.91 Å². The lowest BCUT2D eigenvalue weighted by atomic mass is 10.1. The molecule has 2 amide bonds. The number of likely N-dealkylation sites (N-methyl/N-ethyl adjacent to an activating group) is 1. The molecule has 0 aliphatic carbocycles. The molecular formula is C25H26N6O3S. The van der Waals surface area contributed by atoms with Gasteiger partial charge in [0.25, 0.3) is 11.1 Å². The molecule has 2 aromatic carbocycles. The van der Waals surface area contributed by atoms with Crippen molar-refractivity contribution in [3.05, 3.63) is 72.1 Å². The molecule has 0 bridgehead atoms. The van der Waals surface area contributed by atoms with Crippen LogP contribution in [-0.4, -0.2) is 69.6 Å². The lowest BCUT2D eigenvalue weighted by Crippen LogP contribution is -2.48. The van der Waals surface area contributed by atoms with Gasteiger partial charge in [0.1, 0.15) is 12.1 Å². The highest BCUT2D eigenvalue weighted by Gasteiger charge is 2.20. The largest absolute Gasteiger partial charge is 0.431 e. The van der Waals surface area contributed by atoms with Crippen LogP contribution in [0.1, 0.15) is 15.9 Å². The second kappa shape index (κ2) is 10.3. The molecule has 3 heterocycles. The van der Waals surface area contributed by atoms with E-state index in [0.717, 1.165) is 42.8 Å². The molecule has 180 valence electrons. The maximum absolute atomic E-state index is 13.0. The highest BCUT2D eigenvalue weighted by atomic mass is 32.2. The number of fused-ring (bicyclic) bond motifs is 1. The summed E-state index contributed by atoms with van der Waals surface area (Å²) in [6.07, 6.45) is 3.24. The smallest absolute Gasteiger partial charge is 0.257 e. The Morgan fingerprint density at radius 1 is 1.06 bits per heavy atom. The zero-order chi connectivity index (χ0) is 24.2. The van der Waals surface area contributed by atoms with E-state index in [1.807, 2.05) is 47.4 Å². The first-order chi connectivity index (χ1) is 17.0. The Hall–Kier alpha value is -3.63. The van der Waals surface area contributed by atoms with Gasteiger partial charge in [0, 0.05) is 43.7 Å². The van der Waals surface area contributed by atoms with E-state index in [1.165, 1.54) is 11.8 Å². The van der Waals surface area contributed by atoms with E-state index >= 15 is 0 Å². The molecule has 1 aliphatic rings. The van der Waals surface area contributed by atoms with Crippen molar-refractivity contribution in [1.29, 1.82) is 0 Å². The van der Waals surface area contributed by atoms with Gasteiger partial charge in [-0.1, -0.05) is 42.1 Å². The number of thioether (sulfide) groups is 1. The highest BCUT2D eigenvalue weighted by Crippen LogP contribution is 2.27. The molecule has 1 N–H and O–H groups in total. The van der Waals surface area contributed by atoms with Crippen molar-refractivity contribution in [2.75, 3.05) is 38.5 Å². The zero-order valence-electron chi connectivity index (χ0n) is 19.4. The third-order valence-electron chi connectivity index (χ3n) is 5.93. The Morgan fingerprint density at radius 2 is 1.83 bits per heavy atom. The molecular weight excluding hydrogens is 464 g/mol. The van der Waals surface area contributed by atoms with Gasteiger partial charge in [0.15, 0.2) is 5.58 Å². The van der Waals surface area contributed by atoms with Crippen LogP contribution in [0.2, 0.25) is 0 Å². The highest BCUT2D eigenvalue weighted by molar-refractivity contribution is 7.98. The van der Waals surface area contributed by atoms with Gasteiger partial charge in [0.05, 0.1) is 11.9 Å². The van der Waals surface area contributed by atoms with Gasteiger partial charge in [-0.15, -0.1) is 0 Å². The average molecular weight is 491 g/mol. The number of piperazine rings is 1. The number of para-hydroxylation sites is 2. The Balaban J connectivity index is 1.20. The van der Waals surface area contributed by atoms with Gasteiger partial charge in [-0.3, -0.25) is 14.3 Å². The van der Waals surface area contributed by atoms with E-state index in [0.29, 0.717) is 22.2 Å². The molecule has 2 aromatic heterocycles. The van der Waals surface area contributed by atoms with Crippen molar-refractivity contribution in [2.24, 2.45) is 0 Å². The zero-order valence-corrected chi connectivity index (χ0v) is 20.2. The fraction of sp³-hybridized carbons (Fsp3) is 0.280. The van der Waals surface area contributed by atoms with Gasteiger partial charge >= 0.3 is 0 Å². The minimum absolute atomic E-state index is 0.0284. The molecule has 0 atom stereocenters. The van der Waals surface area contributed by atoms with E-state index in [4.69, 9.17) is 4.42 Å². The Bertz CT molecular complexity index is 1310. The predicted molar refractivity (Wildman–Crippen MR) is 134 cm³/mol. The number of rotatable bonds is 7. The topological polar surface area (TPSA) is 96.5 Å². The summed E-state index contributed by atoms with van der Waals surface area (Å²) in [6.45, 7) is 3.33. The van der Waals surface area contributed by atoms with Crippen molar-refractivity contribution in [3.8, 4) is 0 Å². The summed E-state index contributed by atoms with van der Waals surface area (Å²) in [5.41, 5.74) is 3.53. The number of nitrogens with zero attached hydrogens (tertiary/aromatic N) is 5. The van der Waals surface area contributed by atoms with Crippen molar-refractivity contribution in [1.82, 2.24) is 24.6 Å². The van der Waals surface area contributed by atoms with Gasteiger partial charge < -0.3 is 19.5 Å². The molecule has 10 heteroatoms. The average Bonchev–Trinajstić information content (AvgIpc) is 3.49. The molecule has 5 rings (SSSR count). The standard InChI is InChI=1S/C25H26N6O3S/c1-29-10-12-30(13-11-29)23(32)16-31-15-19(14-26-31)27-24(33)20-7-3-2-6-18(20)17-35-25-28-21-8-4-5-9-22(21)34-25/h2-9,14-15H,10-13,16-17H2,1H3,(H,27,33). The van der Waals surface area contributed by atoms with E-state index in [-0.39, 0.29) is 18.4 Å². The van der Waals surface area contributed by atoms with E-state index in [1.54, 1.807) is 23.1 Å². The first-order valence-electron chi connectivity index (χ1n) is 11.4. The molecule has 0 saturated carbocycles. The van der Waals surface area contributed by atoms with Crippen LogP contribution >= 0.6 is 11.8 Å². The normalized spacial score (nSPS) is 14.4. The van der Waals surface area contributed by atoms with E-state index in [9.17, 15) is 9.59 Å². The fourth-order valence-electron chi connectivity index (χ4n) is 3.93. The second-order valence-corrected chi connectivity index (χ2v) is 9.38. The van der Waals surface area contributed by atoms with E-state index < -0.39 is 0 Å². The van der Waals surface area contributed by atoms with E-state index in [2.05, 4.69) is 27.3 Å². The maximum atomic E-state index is 13.0. The monoisotopic (exact) mass is 490 g/mol. The van der Waals surface area contributed by atoms with Crippen molar-refractivity contribution in [3.63, 3.8) is 0 Å². The number of nitrogens with one attached hydrogen (secondary N) is 1. The molecule has 0 radical (unpaired) electrons. The lowest BCUT2D eigenvalue weighted by molar-refractivity contribution is -0.133. The maximum Gasteiger partial charge on any atom is 0.257 e. The third kappa shape index (κ3) is 5.55. The number of amides is 2. The van der Waals surface area contributed by atoms with Crippen LogP contribution in [0.15, 0.2) is 70.6 Å². The first kappa shape index (κ1) is 23.1.